The Morgan fingerprint density at radius 1 is 1.12 bits per heavy atom. The fourth-order valence-electron chi connectivity index (χ4n) is 2.36. The summed E-state index contributed by atoms with van der Waals surface area (Å²) >= 11 is 1.63. The van der Waals surface area contributed by atoms with Crippen molar-refractivity contribution in [1.29, 1.82) is 0 Å². The van der Waals surface area contributed by atoms with Crippen LogP contribution in [0.4, 0.5) is 5.69 Å². The van der Waals surface area contributed by atoms with E-state index in [0.29, 0.717) is 12.2 Å². The number of rotatable bonds is 9. The molecule has 5 nitrogen and oxygen atoms in total. The second-order valence-electron chi connectivity index (χ2n) is 5.86. The molecule has 0 aliphatic heterocycles. The summed E-state index contributed by atoms with van der Waals surface area (Å²) in [5, 5.41) is 5.63. The molecule has 0 heterocycles. The van der Waals surface area contributed by atoms with Gasteiger partial charge in [0.2, 0.25) is 5.91 Å². The van der Waals surface area contributed by atoms with Crippen LogP contribution < -0.4 is 15.4 Å². The number of ether oxygens (including phenoxy) is 1. The molecule has 26 heavy (non-hydrogen) atoms. The summed E-state index contributed by atoms with van der Waals surface area (Å²) in [6.45, 7) is 1.83. The van der Waals surface area contributed by atoms with Crippen molar-refractivity contribution in [3.8, 4) is 5.75 Å². The molecule has 1 unspecified atom stereocenters. The number of benzene rings is 2. The van der Waals surface area contributed by atoms with Gasteiger partial charge in [0.25, 0.3) is 5.91 Å². The smallest absolute Gasteiger partial charge is 0.258 e. The van der Waals surface area contributed by atoms with Crippen molar-refractivity contribution in [3.63, 3.8) is 0 Å². The Kier molecular flexibility index (Phi) is 8.02. The molecule has 2 aromatic carbocycles. The molecule has 2 N–H and O–H groups in total. The quantitative estimate of drug-likeness (QED) is 0.709. The first kappa shape index (κ1) is 19.8. The van der Waals surface area contributed by atoms with Gasteiger partial charge in [0.05, 0.1) is 0 Å². The monoisotopic (exact) mass is 372 g/mol. The minimum atomic E-state index is -0.602. The Morgan fingerprint density at radius 2 is 1.88 bits per heavy atom. The Hall–Kier alpha value is -2.47. The summed E-state index contributed by atoms with van der Waals surface area (Å²) in [4.78, 5) is 24.7. The standard InChI is InChI=1S/C20H24N2O3S/c1-15-7-6-8-16(13-15)21-20(24)18(11-12-26-2)22-19(23)14-25-17-9-4-3-5-10-17/h3-10,13,18H,11-12,14H2,1-2H3,(H,21,24)(H,22,23). The first-order valence-corrected chi connectivity index (χ1v) is 9.81. The van der Waals surface area contributed by atoms with E-state index in [-0.39, 0.29) is 18.4 Å². The van der Waals surface area contributed by atoms with Crippen LogP contribution in [0.1, 0.15) is 12.0 Å². The first-order valence-electron chi connectivity index (χ1n) is 8.42. The number of carbonyl (C=O) groups is 2. The zero-order chi connectivity index (χ0) is 18.8. The van der Waals surface area contributed by atoms with Crippen LogP contribution in [0.3, 0.4) is 0 Å². The average Bonchev–Trinajstić information content (AvgIpc) is 2.64. The zero-order valence-electron chi connectivity index (χ0n) is 15.0. The van der Waals surface area contributed by atoms with Gasteiger partial charge in [-0.2, -0.15) is 11.8 Å². The highest BCUT2D eigenvalue weighted by Crippen LogP contribution is 2.12. The van der Waals surface area contributed by atoms with E-state index in [1.54, 1.807) is 23.9 Å². The third-order valence-corrected chi connectivity index (χ3v) is 4.31. The summed E-state index contributed by atoms with van der Waals surface area (Å²) in [5.74, 6) is 0.843. The summed E-state index contributed by atoms with van der Waals surface area (Å²) in [7, 11) is 0. The molecule has 1 atom stereocenters. The minimum absolute atomic E-state index is 0.127. The van der Waals surface area contributed by atoms with E-state index in [4.69, 9.17) is 4.74 Å². The molecule has 0 spiro atoms. The molecular formula is C20H24N2O3S. The van der Waals surface area contributed by atoms with E-state index in [2.05, 4.69) is 10.6 Å². The van der Waals surface area contributed by atoms with Crippen LogP contribution in [0.2, 0.25) is 0 Å². The van der Waals surface area contributed by atoms with Crippen LogP contribution in [0, 0.1) is 6.92 Å². The van der Waals surface area contributed by atoms with Crippen LogP contribution in [-0.4, -0.2) is 36.5 Å². The lowest BCUT2D eigenvalue weighted by atomic mass is 10.2. The number of nitrogens with one attached hydrogen (secondary N) is 2. The average molecular weight is 372 g/mol. The number of aryl methyl sites for hydroxylation is 1. The fraction of sp³-hybridized carbons (Fsp3) is 0.300. The van der Waals surface area contributed by atoms with Gasteiger partial charge in [-0.05, 0) is 55.2 Å². The largest absolute Gasteiger partial charge is 0.484 e. The van der Waals surface area contributed by atoms with Crippen molar-refractivity contribution in [3.05, 3.63) is 60.2 Å². The molecule has 0 saturated heterocycles. The van der Waals surface area contributed by atoms with Crippen molar-refractivity contribution in [2.45, 2.75) is 19.4 Å². The van der Waals surface area contributed by atoms with E-state index in [1.165, 1.54) is 0 Å². The Morgan fingerprint density at radius 3 is 2.58 bits per heavy atom. The van der Waals surface area contributed by atoms with E-state index < -0.39 is 6.04 Å². The molecule has 0 bridgehead atoms. The number of para-hydroxylation sites is 1. The second kappa shape index (κ2) is 10.5. The first-order chi connectivity index (χ1) is 12.6. The zero-order valence-corrected chi connectivity index (χ0v) is 15.8. The van der Waals surface area contributed by atoms with E-state index in [9.17, 15) is 9.59 Å². The van der Waals surface area contributed by atoms with Gasteiger partial charge in [0, 0.05) is 5.69 Å². The van der Waals surface area contributed by atoms with Crippen molar-refractivity contribution in [1.82, 2.24) is 5.32 Å². The number of hydrogen-bond acceptors (Lipinski definition) is 4. The molecule has 2 aromatic rings. The molecule has 0 radical (unpaired) electrons. The molecule has 0 fully saturated rings. The number of hydrogen-bond donors (Lipinski definition) is 2. The molecule has 0 aliphatic carbocycles. The van der Waals surface area contributed by atoms with Crippen LogP contribution in [0.15, 0.2) is 54.6 Å². The van der Waals surface area contributed by atoms with Gasteiger partial charge < -0.3 is 15.4 Å². The van der Waals surface area contributed by atoms with Crippen molar-refractivity contribution < 1.29 is 14.3 Å². The minimum Gasteiger partial charge on any atom is -0.484 e. The molecule has 0 aliphatic rings. The van der Waals surface area contributed by atoms with E-state index >= 15 is 0 Å². The normalized spacial score (nSPS) is 11.5. The van der Waals surface area contributed by atoms with Gasteiger partial charge in [-0.1, -0.05) is 30.3 Å². The van der Waals surface area contributed by atoms with Crippen LogP contribution >= 0.6 is 11.8 Å². The Balaban J connectivity index is 1.92. The maximum atomic E-state index is 12.6. The van der Waals surface area contributed by atoms with E-state index in [0.717, 1.165) is 17.0 Å². The molecule has 138 valence electrons. The van der Waals surface area contributed by atoms with Crippen LogP contribution in [-0.2, 0) is 9.59 Å². The predicted octanol–water partition coefficient (Wildman–Crippen LogP) is 3.25. The third kappa shape index (κ3) is 6.80. The van der Waals surface area contributed by atoms with Gasteiger partial charge >= 0.3 is 0 Å². The Bertz CT molecular complexity index is 722. The lowest BCUT2D eigenvalue weighted by molar-refractivity contribution is -0.127. The lowest BCUT2D eigenvalue weighted by Crippen LogP contribution is -2.45. The molecule has 0 aromatic heterocycles. The topological polar surface area (TPSA) is 67.4 Å². The highest BCUT2D eigenvalue weighted by molar-refractivity contribution is 7.98. The fourth-order valence-corrected chi connectivity index (χ4v) is 2.83. The van der Waals surface area contributed by atoms with Crippen molar-refractivity contribution in [2.24, 2.45) is 0 Å². The van der Waals surface area contributed by atoms with Gasteiger partial charge in [-0.25, -0.2) is 0 Å². The molecule has 2 rings (SSSR count). The van der Waals surface area contributed by atoms with Crippen LogP contribution in [0.25, 0.3) is 0 Å². The highest BCUT2D eigenvalue weighted by atomic mass is 32.2. The number of anilines is 1. The maximum absolute atomic E-state index is 12.6. The highest BCUT2D eigenvalue weighted by Gasteiger charge is 2.20. The third-order valence-electron chi connectivity index (χ3n) is 3.66. The predicted molar refractivity (Wildman–Crippen MR) is 107 cm³/mol. The van der Waals surface area contributed by atoms with Crippen molar-refractivity contribution in [2.75, 3.05) is 23.9 Å². The van der Waals surface area contributed by atoms with Gasteiger partial charge in [-0.3, -0.25) is 9.59 Å². The van der Waals surface area contributed by atoms with Gasteiger partial charge in [0.15, 0.2) is 6.61 Å². The maximum Gasteiger partial charge on any atom is 0.258 e. The van der Waals surface area contributed by atoms with Crippen molar-refractivity contribution >= 4 is 29.3 Å². The number of amides is 2. The molecule has 6 heteroatoms. The second-order valence-corrected chi connectivity index (χ2v) is 6.85. The summed E-state index contributed by atoms with van der Waals surface area (Å²) in [6.07, 6.45) is 2.52. The molecular weight excluding hydrogens is 348 g/mol. The number of carbonyl (C=O) groups excluding carboxylic acids is 2. The summed E-state index contributed by atoms with van der Waals surface area (Å²) in [5.41, 5.74) is 1.78. The summed E-state index contributed by atoms with van der Waals surface area (Å²) in [6, 6.07) is 16.1. The van der Waals surface area contributed by atoms with Gasteiger partial charge in [-0.15, -0.1) is 0 Å². The molecule has 0 saturated carbocycles. The van der Waals surface area contributed by atoms with E-state index in [1.807, 2.05) is 55.6 Å². The summed E-state index contributed by atoms with van der Waals surface area (Å²) < 4.78 is 5.44. The lowest BCUT2D eigenvalue weighted by Gasteiger charge is -2.18. The number of thioether (sulfide) groups is 1. The SMILES string of the molecule is CSCCC(NC(=O)COc1ccccc1)C(=O)Nc1cccc(C)c1. The van der Waals surface area contributed by atoms with Gasteiger partial charge in [0.1, 0.15) is 11.8 Å². The Labute approximate surface area is 158 Å². The van der Waals surface area contributed by atoms with Crippen LogP contribution in [0.5, 0.6) is 5.75 Å². The molecule has 2 amide bonds.